The second-order valence-corrected chi connectivity index (χ2v) is 7.79. The van der Waals surface area contributed by atoms with E-state index in [9.17, 15) is 0 Å². The van der Waals surface area contributed by atoms with Crippen LogP contribution < -0.4 is 5.32 Å². The van der Waals surface area contributed by atoms with Gasteiger partial charge in [0.05, 0.1) is 12.2 Å². The Morgan fingerprint density at radius 1 is 1.30 bits per heavy atom. The summed E-state index contributed by atoms with van der Waals surface area (Å²) in [6, 6.07) is 10.4. The minimum Gasteiger partial charge on any atom is -0.339 e. The molecule has 0 bridgehead atoms. The minimum atomic E-state index is 0. The molecule has 0 amide bonds. The van der Waals surface area contributed by atoms with E-state index < -0.39 is 0 Å². The van der Waals surface area contributed by atoms with Gasteiger partial charge in [-0.1, -0.05) is 23.4 Å². The smallest absolute Gasteiger partial charge is 0.230 e. The number of hydrogen-bond donors (Lipinski definition) is 1. The molecule has 3 aromatic rings. The van der Waals surface area contributed by atoms with Crippen LogP contribution in [0.25, 0.3) is 11.4 Å². The van der Waals surface area contributed by atoms with Gasteiger partial charge in [-0.25, -0.2) is 0 Å². The molecule has 1 aliphatic carbocycles. The zero-order chi connectivity index (χ0) is 17.7. The third-order valence-electron chi connectivity index (χ3n) is 5.83. The molecule has 1 saturated heterocycles. The molecule has 2 fully saturated rings. The van der Waals surface area contributed by atoms with E-state index in [1.807, 2.05) is 23.7 Å². The van der Waals surface area contributed by atoms with E-state index in [0.717, 1.165) is 36.8 Å². The van der Waals surface area contributed by atoms with Crippen molar-refractivity contribution in [1.82, 2.24) is 25.2 Å². The van der Waals surface area contributed by atoms with E-state index in [2.05, 4.69) is 40.7 Å². The zero-order valence-electron chi connectivity index (χ0n) is 15.6. The molecule has 2 aromatic heterocycles. The summed E-state index contributed by atoms with van der Waals surface area (Å²) in [5, 5.41) is 12.2. The summed E-state index contributed by atoms with van der Waals surface area (Å²) >= 11 is 0. The largest absolute Gasteiger partial charge is 0.339 e. The SMILES string of the molecule is Cc1cc(C)n(Cc2cccc(-c3noc(C4CC45CCNC5)n3)c2)n1.Cl. The van der Waals surface area contributed by atoms with E-state index in [-0.39, 0.29) is 12.4 Å². The summed E-state index contributed by atoms with van der Waals surface area (Å²) in [6.45, 7) is 7.03. The molecular formula is C20H24ClN5O. The van der Waals surface area contributed by atoms with Gasteiger partial charge in [0.15, 0.2) is 0 Å². The average Bonchev–Trinajstić information content (AvgIpc) is 3.01. The van der Waals surface area contributed by atoms with E-state index in [1.54, 1.807) is 0 Å². The molecule has 7 heteroatoms. The Morgan fingerprint density at radius 3 is 2.93 bits per heavy atom. The van der Waals surface area contributed by atoms with Crippen molar-refractivity contribution in [3.63, 3.8) is 0 Å². The van der Waals surface area contributed by atoms with Gasteiger partial charge in [-0.3, -0.25) is 4.68 Å². The number of aryl methyl sites for hydroxylation is 2. The monoisotopic (exact) mass is 385 g/mol. The van der Waals surface area contributed by atoms with Crippen LogP contribution in [0.3, 0.4) is 0 Å². The number of rotatable bonds is 4. The molecule has 2 atom stereocenters. The van der Waals surface area contributed by atoms with Crippen molar-refractivity contribution in [3.8, 4) is 11.4 Å². The lowest BCUT2D eigenvalue weighted by molar-refractivity contribution is 0.364. The Morgan fingerprint density at radius 2 is 2.19 bits per heavy atom. The first kappa shape index (κ1) is 18.2. The predicted octanol–water partition coefficient (Wildman–Crippen LogP) is 3.49. The first-order chi connectivity index (χ1) is 12.6. The normalized spacial score (nSPS) is 23.6. The van der Waals surface area contributed by atoms with Gasteiger partial charge in [0.2, 0.25) is 11.7 Å². The third-order valence-corrected chi connectivity index (χ3v) is 5.83. The molecule has 6 nitrogen and oxygen atoms in total. The predicted molar refractivity (Wildman–Crippen MR) is 105 cm³/mol. The van der Waals surface area contributed by atoms with E-state index in [1.165, 1.54) is 24.1 Å². The summed E-state index contributed by atoms with van der Waals surface area (Å²) in [6.07, 6.45) is 2.38. The standard InChI is InChI=1S/C20H23N5O.ClH/c1-13-8-14(2)25(23-13)11-15-4-3-5-16(9-15)18-22-19(26-24-18)17-10-20(17)6-7-21-12-20;/h3-5,8-9,17,21H,6-7,10-12H2,1-2H3;1H. The van der Waals surface area contributed by atoms with Crippen molar-refractivity contribution in [2.24, 2.45) is 5.41 Å². The van der Waals surface area contributed by atoms with E-state index in [4.69, 9.17) is 9.51 Å². The molecule has 142 valence electrons. The average molecular weight is 386 g/mol. The quantitative estimate of drug-likeness (QED) is 0.744. The van der Waals surface area contributed by atoms with Gasteiger partial charge in [0.25, 0.3) is 0 Å². The Balaban J connectivity index is 0.00000180. The van der Waals surface area contributed by atoms with Crippen LogP contribution in [-0.4, -0.2) is 33.0 Å². The number of nitrogens with one attached hydrogen (secondary N) is 1. The van der Waals surface area contributed by atoms with Crippen LogP contribution in [0.4, 0.5) is 0 Å². The van der Waals surface area contributed by atoms with E-state index >= 15 is 0 Å². The highest BCUT2D eigenvalue weighted by Gasteiger charge is 2.58. The van der Waals surface area contributed by atoms with Crippen molar-refractivity contribution in [1.29, 1.82) is 0 Å². The summed E-state index contributed by atoms with van der Waals surface area (Å²) in [4.78, 5) is 4.70. The summed E-state index contributed by atoms with van der Waals surface area (Å²) in [5.74, 6) is 1.91. The van der Waals surface area contributed by atoms with Gasteiger partial charge < -0.3 is 9.84 Å². The maximum Gasteiger partial charge on any atom is 0.230 e. The lowest BCUT2D eigenvalue weighted by Gasteiger charge is -2.05. The first-order valence-electron chi connectivity index (χ1n) is 9.28. The molecule has 2 unspecified atom stereocenters. The lowest BCUT2D eigenvalue weighted by atomic mass is 10.0. The highest BCUT2D eigenvalue weighted by molar-refractivity contribution is 5.85. The van der Waals surface area contributed by atoms with Gasteiger partial charge in [-0.15, -0.1) is 12.4 Å². The van der Waals surface area contributed by atoms with Gasteiger partial charge in [0, 0.05) is 23.7 Å². The Hall–Kier alpha value is -2.18. The molecule has 1 aromatic carbocycles. The number of aromatic nitrogens is 4. The van der Waals surface area contributed by atoms with Crippen LogP contribution in [0.2, 0.25) is 0 Å². The van der Waals surface area contributed by atoms with Crippen LogP contribution in [0.1, 0.15) is 41.6 Å². The molecule has 1 spiro atoms. The number of benzene rings is 1. The number of hydrogen-bond acceptors (Lipinski definition) is 5. The molecular weight excluding hydrogens is 362 g/mol. The Bertz CT molecular complexity index is 957. The molecule has 3 heterocycles. The zero-order valence-corrected chi connectivity index (χ0v) is 16.4. The molecule has 1 saturated carbocycles. The van der Waals surface area contributed by atoms with Crippen LogP contribution in [-0.2, 0) is 6.54 Å². The van der Waals surface area contributed by atoms with Crippen molar-refractivity contribution in [3.05, 3.63) is 53.2 Å². The second kappa shape index (κ2) is 6.77. The minimum absolute atomic E-state index is 0. The van der Waals surface area contributed by atoms with Crippen LogP contribution in [0, 0.1) is 19.3 Å². The van der Waals surface area contributed by atoms with Gasteiger partial charge in [0.1, 0.15) is 0 Å². The number of nitrogens with zero attached hydrogens (tertiary/aromatic N) is 4. The highest BCUT2D eigenvalue weighted by Crippen LogP contribution is 2.62. The Labute approximate surface area is 164 Å². The highest BCUT2D eigenvalue weighted by atomic mass is 35.5. The number of halogens is 1. The van der Waals surface area contributed by atoms with Crippen molar-refractivity contribution < 1.29 is 4.52 Å². The molecule has 1 N–H and O–H groups in total. The lowest BCUT2D eigenvalue weighted by Crippen LogP contribution is -2.10. The summed E-state index contributed by atoms with van der Waals surface area (Å²) < 4.78 is 7.63. The molecule has 2 aliphatic rings. The molecule has 0 radical (unpaired) electrons. The summed E-state index contributed by atoms with van der Waals surface area (Å²) in [7, 11) is 0. The van der Waals surface area contributed by atoms with Gasteiger partial charge in [-0.05, 0) is 56.3 Å². The van der Waals surface area contributed by atoms with Crippen LogP contribution in [0.5, 0.6) is 0 Å². The fourth-order valence-electron chi connectivity index (χ4n) is 4.24. The van der Waals surface area contributed by atoms with Crippen molar-refractivity contribution in [2.45, 2.75) is 39.2 Å². The maximum absolute atomic E-state index is 5.60. The maximum atomic E-state index is 5.60. The Kier molecular flexibility index (Phi) is 4.56. The fourth-order valence-corrected chi connectivity index (χ4v) is 4.24. The van der Waals surface area contributed by atoms with Gasteiger partial charge >= 0.3 is 0 Å². The van der Waals surface area contributed by atoms with Crippen molar-refractivity contribution in [2.75, 3.05) is 13.1 Å². The van der Waals surface area contributed by atoms with Gasteiger partial charge in [-0.2, -0.15) is 10.1 Å². The van der Waals surface area contributed by atoms with Crippen LogP contribution in [0.15, 0.2) is 34.9 Å². The second-order valence-electron chi connectivity index (χ2n) is 7.79. The van der Waals surface area contributed by atoms with Crippen LogP contribution >= 0.6 is 12.4 Å². The molecule has 5 rings (SSSR count). The third kappa shape index (κ3) is 3.28. The molecule has 1 aliphatic heterocycles. The first-order valence-corrected chi connectivity index (χ1v) is 9.28. The fraction of sp³-hybridized carbons (Fsp3) is 0.450. The van der Waals surface area contributed by atoms with E-state index in [0.29, 0.717) is 17.2 Å². The summed E-state index contributed by atoms with van der Waals surface area (Å²) in [5.41, 5.74) is 4.77. The van der Waals surface area contributed by atoms with Crippen molar-refractivity contribution >= 4 is 12.4 Å². The topological polar surface area (TPSA) is 68.8 Å². The molecule has 27 heavy (non-hydrogen) atoms.